The number of hydrogen-bond donors (Lipinski definition) is 0. The summed E-state index contributed by atoms with van der Waals surface area (Å²) in [6.45, 7) is 0. The SMILES string of the molecule is C1=CC([Si](c2ccccc2)(c2ccccc2)C2C=Cc3ccccc32)c2ccccc21.[Li+]. The Hall–Kier alpha value is -2.83. The molecular weight excluding hydrogens is 395 g/mol. The fraction of sp³-hybridized carbons (Fsp3) is 0.0667. The quantitative estimate of drug-likeness (QED) is 0.446. The van der Waals surface area contributed by atoms with Crippen LogP contribution in [0.2, 0.25) is 0 Å². The van der Waals surface area contributed by atoms with Crippen molar-refractivity contribution in [3.8, 4) is 0 Å². The molecule has 0 fully saturated rings. The minimum absolute atomic E-state index is 0. The first-order valence-corrected chi connectivity index (χ1v) is 13.2. The molecule has 0 saturated heterocycles. The normalized spacial score (nSPS) is 18.1. The van der Waals surface area contributed by atoms with Gasteiger partial charge in [-0.3, -0.25) is 0 Å². The van der Waals surface area contributed by atoms with Crippen molar-refractivity contribution in [2.75, 3.05) is 0 Å². The van der Waals surface area contributed by atoms with Crippen LogP contribution >= 0.6 is 0 Å². The Labute approximate surface area is 203 Å². The fourth-order valence-corrected chi connectivity index (χ4v) is 11.8. The van der Waals surface area contributed by atoms with Gasteiger partial charge in [0.15, 0.2) is 0 Å². The first-order valence-electron chi connectivity index (χ1n) is 11.0. The molecule has 0 N–H and O–H groups in total. The summed E-state index contributed by atoms with van der Waals surface area (Å²) in [5, 5.41) is 3.00. The van der Waals surface area contributed by atoms with E-state index in [0.717, 1.165) is 0 Å². The van der Waals surface area contributed by atoms with Crippen LogP contribution in [-0.4, -0.2) is 8.07 Å². The molecule has 0 bridgehead atoms. The van der Waals surface area contributed by atoms with E-state index < -0.39 is 8.07 Å². The maximum absolute atomic E-state index is 2.49. The molecule has 2 unspecified atom stereocenters. The standard InChI is InChI=1S/C30H24Si.Li/c1-3-13-25(14-4-1)31(26-15-5-2-6-16-26,29-21-19-23-11-7-9-17-27(23)29)30-22-20-24-12-8-10-18-28(24)30;/h1-22,29-30H;/q;+1. The monoisotopic (exact) mass is 419 g/mol. The Balaban J connectivity index is 0.00000216. The van der Waals surface area contributed by atoms with Gasteiger partial charge in [-0.2, -0.15) is 0 Å². The summed E-state index contributed by atoms with van der Waals surface area (Å²) in [6, 6.07) is 40.6. The van der Waals surface area contributed by atoms with E-state index in [-0.39, 0.29) is 18.9 Å². The zero-order valence-corrected chi connectivity index (χ0v) is 19.4. The first-order chi connectivity index (χ1) is 15.4. The second-order valence-electron chi connectivity index (χ2n) is 8.53. The molecule has 0 radical (unpaired) electrons. The van der Waals surface area contributed by atoms with E-state index in [9.17, 15) is 0 Å². The van der Waals surface area contributed by atoms with Gasteiger partial charge in [-0.05, 0) is 22.3 Å². The smallest absolute Gasteiger partial charge is 0.0784 e. The molecule has 0 aromatic heterocycles. The summed E-state index contributed by atoms with van der Waals surface area (Å²) in [7, 11) is -2.36. The van der Waals surface area contributed by atoms with Crippen molar-refractivity contribution in [3.05, 3.63) is 144 Å². The molecule has 0 amide bonds. The van der Waals surface area contributed by atoms with Crippen molar-refractivity contribution in [2.24, 2.45) is 0 Å². The second kappa shape index (κ2) is 8.60. The number of hydrogen-bond acceptors (Lipinski definition) is 0. The minimum Gasteiger partial charge on any atom is -0.0784 e. The summed E-state index contributed by atoms with van der Waals surface area (Å²) < 4.78 is 0. The van der Waals surface area contributed by atoms with E-state index in [1.165, 1.54) is 32.6 Å². The molecule has 0 spiro atoms. The van der Waals surface area contributed by atoms with Crippen molar-refractivity contribution >= 4 is 30.6 Å². The summed E-state index contributed by atoms with van der Waals surface area (Å²) in [5.41, 5.74) is 6.45. The third kappa shape index (κ3) is 3.13. The molecule has 0 heterocycles. The third-order valence-corrected chi connectivity index (χ3v) is 12.6. The van der Waals surface area contributed by atoms with Crippen LogP contribution in [-0.2, 0) is 0 Å². The zero-order chi connectivity index (χ0) is 20.7. The molecule has 2 atom stereocenters. The average molecular weight is 420 g/mol. The topological polar surface area (TPSA) is 0 Å². The fourth-order valence-electron chi connectivity index (χ4n) is 5.80. The molecule has 32 heavy (non-hydrogen) atoms. The van der Waals surface area contributed by atoms with Crippen LogP contribution in [0.25, 0.3) is 12.2 Å². The molecule has 6 rings (SSSR count). The van der Waals surface area contributed by atoms with Crippen LogP contribution in [0.5, 0.6) is 0 Å². The molecule has 2 heteroatoms. The van der Waals surface area contributed by atoms with Crippen LogP contribution in [0.3, 0.4) is 0 Å². The summed E-state index contributed by atoms with van der Waals surface area (Å²) in [6.07, 6.45) is 9.67. The number of fused-ring (bicyclic) bond motifs is 2. The van der Waals surface area contributed by atoms with Crippen LogP contribution in [0.1, 0.15) is 33.3 Å². The van der Waals surface area contributed by atoms with Crippen LogP contribution in [0.4, 0.5) is 0 Å². The largest absolute Gasteiger partial charge is 1.00 e. The Morgan fingerprint density at radius 2 is 0.812 bits per heavy atom. The van der Waals surface area contributed by atoms with Crippen molar-refractivity contribution in [1.29, 1.82) is 0 Å². The maximum atomic E-state index is 2.49. The zero-order valence-electron chi connectivity index (χ0n) is 18.4. The van der Waals surface area contributed by atoms with Crippen LogP contribution in [0, 0.1) is 0 Å². The first kappa shape index (κ1) is 21.0. The summed E-state index contributed by atoms with van der Waals surface area (Å²) >= 11 is 0. The summed E-state index contributed by atoms with van der Waals surface area (Å²) in [5.74, 6) is 0. The predicted octanol–water partition coefficient (Wildman–Crippen LogP) is 2.95. The van der Waals surface area contributed by atoms with Crippen molar-refractivity contribution in [2.45, 2.75) is 11.1 Å². The minimum atomic E-state index is -2.36. The summed E-state index contributed by atoms with van der Waals surface area (Å²) in [4.78, 5) is 0. The van der Waals surface area contributed by atoms with Gasteiger partial charge in [-0.1, -0.05) is 144 Å². The third-order valence-electron chi connectivity index (χ3n) is 7.08. The molecule has 0 aliphatic heterocycles. The van der Waals surface area contributed by atoms with Gasteiger partial charge >= 0.3 is 18.9 Å². The molecule has 0 nitrogen and oxygen atoms in total. The van der Waals surface area contributed by atoms with E-state index in [4.69, 9.17) is 0 Å². The van der Waals surface area contributed by atoms with Crippen molar-refractivity contribution < 1.29 is 18.9 Å². The van der Waals surface area contributed by atoms with Gasteiger partial charge in [0.25, 0.3) is 0 Å². The Morgan fingerprint density at radius 1 is 0.438 bits per heavy atom. The average Bonchev–Trinajstić information content (AvgIpc) is 3.47. The van der Waals surface area contributed by atoms with E-state index in [1.807, 2.05) is 0 Å². The van der Waals surface area contributed by atoms with Gasteiger partial charge in [0.1, 0.15) is 8.07 Å². The maximum Gasteiger partial charge on any atom is 1.00 e. The molecule has 148 valence electrons. The van der Waals surface area contributed by atoms with E-state index in [2.05, 4.69) is 133 Å². The van der Waals surface area contributed by atoms with Gasteiger partial charge in [0, 0.05) is 11.1 Å². The Kier molecular flexibility index (Phi) is 5.66. The van der Waals surface area contributed by atoms with Gasteiger partial charge in [-0.25, -0.2) is 0 Å². The van der Waals surface area contributed by atoms with Gasteiger partial charge in [-0.15, -0.1) is 0 Å². The molecular formula is C30H24LiSi+. The van der Waals surface area contributed by atoms with Gasteiger partial charge < -0.3 is 0 Å². The number of rotatable bonds is 4. The predicted molar refractivity (Wildman–Crippen MR) is 134 cm³/mol. The molecule has 2 aliphatic rings. The van der Waals surface area contributed by atoms with Crippen LogP contribution < -0.4 is 29.2 Å². The van der Waals surface area contributed by atoms with E-state index in [0.29, 0.717) is 11.1 Å². The van der Waals surface area contributed by atoms with E-state index >= 15 is 0 Å². The van der Waals surface area contributed by atoms with Gasteiger partial charge in [0.2, 0.25) is 0 Å². The van der Waals surface area contributed by atoms with Gasteiger partial charge in [0.05, 0.1) is 0 Å². The van der Waals surface area contributed by atoms with Crippen molar-refractivity contribution in [1.82, 2.24) is 0 Å². The van der Waals surface area contributed by atoms with Crippen LogP contribution in [0.15, 0.2) is 121 Å². The Morgan fingerprint density at radius 3 is 1.25 bits per heavy atom. The number of benzene rings is 4. The van der Waals surface area contributed by atoms with Crippen molar-refractivity contribution in [3.63, 3.8) is 0 Å². The molecule has 2 aliphatic carbocycles. The molecule has 0 saturated carbocycles. The number of allylic oxidation sites excluding steroid dienone is 2. The second-order valence-corrected chi connectivity index (χ2v) is 12.7. The molecule has 4 aromatic rings. The van der Waals surface area contributed by atoms with E-state index in [1.54, 1.807) is 0 Å². The Bertz CT molecular complexity index is 1190. The molecule has 4 aromatic carbocycles.